The highest BCUT2D eigenvalue weighted by atomic mass is 16.5. The van der Waals surface area contributed by atoms with Gasteiger partial charge in [0.25, 0.3) is 0 Å². The van der Waals surface area contributed by atoms with Crippen LogP contribution < -0.4 is 10.5 Å². The third kappa shape index (κ3) is 2.11. The molecule has 2 aromatic rings. The Bertz CT molecular complexity index is 649. The van der Waals surface area contributed by atoms with Crippen LogP contribution in [0.1, 0.15) is 36.0 Å². The summed E-state index contributed by atoms with van der Waals surface area (Å²) in [6, 6.07) is 7.98. The van der Waals surface area contributed by atoms with Gasteiger partial charge in [0.2, 0.25) is 5.89 Å². The molecule has 1 saturated heterocycles. The molecule has 2 atom stereocenters. The molecule has 0 radical (unpaired) electrons. The van der Waals surface area contributed by atoms with Crippen LogP contribution in [-0.2, 0) is 10.3 Å². The summed E-state index contributed by atoms with van der Waals surface area (Å²) in [4.78, 5) is 4.55. The van der Waals surface area contributed by atoms with E-state index in [1.807, 2.05) is 24.3 Å². The first-order valence-electron chi connectivity index (χ1n) is 7.19. The number of fused-ring (bicyclic) bond motifs is 1. The van der Waals surface area contributed by atoms with E-state index in [4.69, 9.17) is 19.7 Å². The Morgan fingerprint density at radius 1 is 1.24 bits per heavy atom. The molecule has 0 saturated carbocycles. The maximum atomic E-state index is 6.27. The highest BCUT2D eigenvalue weighted by molar-refractivity contribution is 5.40. The lowest BCUT2D eigenvalue weighted by Gasteiger charge is -2.23. The van der Waals surface area contributed by atoms with Gasteiger partial charge in [-0.05, 0) is 18.9 Å². The van der Waals surface area contributed by atoms with Gasteiger partial charge in [0, 0.05) is 12.2 Å². The van der Waals surface area contributed by atoms with E-state index in [9.17, 15) is 0 Å². The largest absolute Gasteiger partial charge is 0.493 e. The van der Waals surface area contributed by atoms with Crippen LogP contribution in [0.4, 0.5) is 0 Å². The smallest absolute Gasteiger partial charge is 0.249 e. The minimum Gasteiger partial charge on any atom is -0.493 e. The number of hydrogen-bond acceptors (Lipinski definition) is 6. The molecule has 0 amide bonds. The van der Waals surface area contributed by atoms with Crippen molar-refractivity contribution in [2.45, 2.75) is 24.3 Å². The Labute approximate surface area is 122 Å². The molecule has 0 aliphatic carbocycles. The molecular formula is C15H17N3O3. The van der Waals surface area contributed by atoms with Crippen molar-refractivity contribution in [2.24, 2.45) is 5.73 Å². The minimum absolute atomic E-state index is 0.0957. The molecule has 6 heteroatoms. The van der Waals surface area contributed by atoms with E-state index in [2.05, 4.69) is 10.1 Å². The second-order valence-electron chi connectivity index (χ2n) is 5.64. The van der Waals surface area contributed by atoms with Crippen LogP contribution in [-0.4, -0.2) is 30.0 Å². The van der Waals surface area contributed by atoms with Crippen molar-refractivity contribution in [1.82, 2.24) is 10.1 Å². The van der Waals surface area contributed by atoms with Crippen LogP contribution in [0.3, 0.4) is 0 Å². The highest BCUT2D eigenvalue weighted by Crippen LogP contribution is 2.37. The predicted octanol–water partition coefficient (Wildman–Crippen LogP) is 1.56. The number of rotatable bonds is 2. The average molecular weight is 287 g/mol. The van der Waals surface area contributed by atoms with Crippen LogP contribution in [0.5, 0.6) is 5.75 Å². The molecule has 4 rings (SSSR count). The van der Waals surface area contributed by atoms with Gasteiger partial charge in [-0.3, -0.25) is 0 Å². The van der Waals surface area contributed by atoms with Crippen molar-refractivity contribution in [1.29, 1.82) is 0 Å². The molecule has 2 aliphatic rings. The third-order valence-electron chi connectivity index (χ3n) is 4.19. The van der Waals surface area contributed by atoms with E-state index in [-0.39, 0.29) is 5.92 Å². The molecule has 1 aromatic heterocycles. The predicted molar refractivity (Wildman–Crippen MR) is 74.0 cm³/mol. The second kappa shape index (κ2) is 4.82. The normalized spacial score (nSPS) is 28.1. The van der Waals surface area contributed by atoms with Crippen LogP contribution in [0.2, 0.25) is 0 Å². The quantitative estimate of drug-likeness (QED) is 0.902. The van der Waals surface area contributed by atoms with Gasteiger partial charge in [0.05, 0.1) is 19.1 Å². The summed E-state index contributed by atoms with van der Waals surface area (Å²) >= 11 is 0. The molecule has 2 N–H and O–H groups in total. The Morgan fingerprint density at radius 2 is 2.14 bits per heavy atom. The summed E-state index contributed by atoms with van der Waals surface area (Å²) in [5.41, 5.74) is 6.73. The van der Waals surface area contributed by atoms with E-state index in [1.165, 1.54) is 0 Å². The summed E-state index contributed by atoms with van der Waals surface area (Å²) < 4.78 is 16.4. The van der Waals surface area contributed by atoms with Gasteiger partial charge >= 0.3 is 0 Å². The molecular weight excluding hydrogens is 270 g/mol. The van der Waals surface area contributed by atoms with E-state index in [0.717, 1.165) is 17.7 Å². The molecule has 2 unspecified atom stereocenters. The van der Waals surface area contributed by atoms with Gasteiger partial charge < -0.3 is 19.7 Å². The number of para-hydroxylation sites is 1. The molecule has 3 heterocycles. The number of nitrogens with zero attached hydrogens (tertiary/aromatic N) is 2. The average Bonchev–Trinajstić information content (AvgIpc) is 3.16. The van der Waals surface area contributed by atoms with Crippen LogP contribution in [0.25, 0.3) is 0 Å². The van der Waals surface area contributed by atoms with Gasteiger partial charge in [-0.25, -0.2) is 0 Å². The van der Waals surface area contributed by atoms with Crippen molar-refractivity contribution in [3.8, 4) is 5.75 Å². The lowest BCUT2D eigenvalue weighted by atomic mass is 9.92. The van der Waals surface area contributed by atoms with Gasteiger partial charge in [-0.2, -0.15) is 4.98 Å². The van der Waals surface area contributed by atoms with E-state index in [1.54, 1.807) is 0 Å². The van der Waals surface area contributed by atoms with Crippen molar-refractivity contribution in [3.05, 3.63) is 41.5 Å². The molecule has 1 fully saturated rings. The first kappa shape index (κ1) is 12.8. The first-order chi connectivity index (χ1) is 10.3. The fourth-order valence-corrected chi connectivity index (χ4v) is 2.94. The van der Waals surface area contributed by atoms with Crippen molar-refractivity contribution in [2.75, 3.05) is 19.8 Å². The van der Waals surface area contributed by atoms with Crippen molar-refractivity contribution < 1.29 is 14.0 Å². The van der Waals surface area contributed by atoms with E-state index < -0.39 is 5.54 Å². The molecule has 110 valence electrons. The molecule has 1 aromatic carbocycles. The SMILES string of the molecule is NC1(c2nc(C3CCOc4ccccc43)no2)CCOC1. The maximum Gasteiger partial charge on any atom is 0.249 e. The molecule has 0 spiro atoms. The monoisotopic (exact) mass is 287 g/mol. The fraction of sp³-hybridized carbons (Fsp3) is 0.467. The number of aromatic nitrogens is 2. The lowest BCUT2D eigenvalue weighted by molar-refractivity contribution is 0.166. The molecule has 2 aliphatic heterocycles. The number of nitrogens with two attached hydrogens (primary N) is 1. The summed E-state index contributed by atoms with van der Waals surface area (Å²) in [7, 11) is 0. The van der Waals surface area contributed by atoms with Crippen molar-refractivity contribution >= 4 is 0 Å². The molecule has 21 heavy (non-hydrogen) atoms. The zero-order chi connectivity index (χ0) is 14.3. The van der Waals surface area contributed by atoms with Gasteiger partial charge in [-0.15, -0.1) is 0 Å². The number of benzene rings is 1. The summed E-state index contributed by atoms with van der Waals surface area (Å²) in [6.45, 7) is 1.72. The zero-order valence-corrected chi connectivity index (χ0v) is 11.6. The van der Waals surface area contributed by atoms with Crippen LogP contribution >= 0.6 is 0 Å². The molecule has 6 nitrogen and oxygen atoms in total. The van der Waals surface area contributed by atoms with Crippen LogP contribution in [0.15, 0.2) is 28.8 Å². The number of ether oxygens (including phenoxy) is 2. The Hall–Kier alpha value is -1.92. The molecule has 0 bridgehead atoms. The summed E-state index contributed by atoms with van der Waals surface area (Å²) in [5, 5.41) is 4.15. The van der Waals surface area contributed by atoms with Crippen LogP contribution in [0, 0.1) is 0 Å². The lowest BCUT2D eigenvalue weighted by Crippen LogP contribution is -2.37. The van der Waals surface area contributed by atoms with Gasteiger partial charge in [0.15, 0.2) is 5.82 Å². The Morgan fingerprint density at radius 3 is 3.00 bits per heavy atom. The van der Waals surface area contributed by atoms with Gasteiger partial charge in [-0.1, -0.05) is 23.4 Å². The fourth-order valence-electron chi connectivity index (χ4n) is 2.94. The first-order valence-corrected chi connectivity index (χ1v) is 7.19. The van der Waals surface area contributed by atoms with Crippen molar-refractivity contribution in [3.63, 3.8) is 0 Å². The minimum atomic E-state index is -0.643. The third-order valence-corrected chi connectivity index (χ3v) is 4.19. The maximum absolute atomic E-state index is 6.27. The Kier molecular flexibility index (Phi) is 2.94. The van der Waals surface area contributed by atoms with E-state index in [0.29, 0.717) is 38.0 Å². The Balaban J connectivity index is 1.68. The topological polar surface area (TPSA) is 83.4 Å². The number of hydrogen-bond donors (Lipinski definition) is 1. The standard InChI is InChI=1S/C15H17N3O3/c16-15(6-8-19-9-15)14-17-13(18-21-14)11-5-7-20-12-4-2-1-3-10(11)12/h1-4,11H,5-9,16H2. The zero-order valence-electron chi connectivity index (χ0n) is 11.6. The van der Waals surface area contributed by atoms with E-state index >= 15 is 0 Å². The summed E-state index contributed by atoms with van der Waals surface area (Å²) in [6.07, 6.45) is 1.54. The summed E-state index contributed by atoms with van der Waals surface area (Å²) in [5.74, 6) is 2.14. The second-order valence-corrected chi connectivity index (χ2v) is 5.64. The van der Waals surface area contributed by atoms with Gasteiger partial charge in [0.1, 0.15) is 11.3 Å². The highest BCUT2D eigenvalue weighted by Gasteiger charge is 2.39.